The molecule has 1 heteroatoms. The third-order valence-electron chi connectivity index (χ3n) is 1.89. The molecule has 0 atom stereocenters. The van der Waals surface area contributed by atoms with Crippen LogP contribution in [0, 0.1) is 11.3 Å². The van der Waals surface area contributed by atoms with Gasteiger partial charge in [-0.2, -0.15) is 0 Å². The minimum absolute atomic E-state index is 0.625. The average Bonchev–Trinajstić information content (AvgIpc) is 1.59. The molecule has 0 aromatic heterocycles. The third-order valence-corrected chi connectivity index (χ3v) is 3.31. The van der Waals surface area contributed by atoms with Crippen molar-refractivity contribution in [1.82, 2.24) is 0 Å². The van der Waals surface area contributed by atoms with Crippen molar-refractivity contribution < 1.29 is 0 Å². The second-order valence-corrected chi connectivity index (χ2v) is 7.37. The monoisotopic (exact) mass is 244 g/mol. The van der Waals surface area contributed by atoms with Gasteiger partial charge in [-0.15, -0.1) is 0 Å². The number of hydrogen-bond donors (Lipinski definition) is 0. The molecule has 0 aromatic carbocycles. The normalized spacial score (nSPS) is 12.5. The predicted molar refractivity (Wildman–Crippen MR) is 51.2 cm³/mol. The Morgan fingerprint density at radius 2 is 1.80 bits per heavy atom. The third kappa shape index (κ3) is 5.64. The average molecular weight is 244 g/mol. The van der Waals surface area contributed by atoms with E-state index >= 15 is 0 Å². The maximum atomic E-state index is 2.41. The van der Waals surface area contributed by atoms with Gasteiger partial charge >= 0.3 is 80.4 Å². The Morgan fingerprint density at radius 3 is 2.10 bits per heavy atom. The molecular formula is C9H21In. The molecule has 0 aromatic rings. The Bertz CT molecular complexity index is 84.7. The quantitative estimate of drug-likeness (QED) is 0.712. The first kappa shape index (κ1) is 10.9. The van der Waals surface area contributed by atoms with Crippen LogP contribution in [-0.2, 0) is 0 Å². The van der Waals surface area contributed by atoms with E-state index in [0.717, 1.165) is 30.3 Å². The fourth-order valence-corrected chi connectivity index (χ4v) is 5.75. The summed E-state index contributed by atoms with van der Waals surface area (Å²) in [6, 6.07) is 0. The SMILES string of the molecule is CC(C)CC(C)(C)C[CH2][InH2]. The predicted octanol–water partition coefficient (Wildman–Crippen LogP) is 2.50. The summed E-state index contributed by atoms with van der Waals surface area (Å²) in [6.45, 7) is 9.45. The van der Waals surface area contributed by atoms with E-state index in [1.165, 1.54) is 17.0 Å². The van der Waals surface area contributed by atoms with Gasteiger partial charge in [0.25, 0.3) is 0 Å². The topological polar surface area (TPSA) is 0 Å². The summed E-state index contributed by atoms with van der Waals surface area (Å²) in [5.74, 6) is 0.872. The molecule has 60 valence electrons. The molecule has 0 bridgehead atoms. The van der Waals surface area contributed by atoms with Crippen molar-refractivity contribution in [1.29, 1.82) is 0 Å². The van der Waals surface area contributed by atoms with Gasteiger partial charge in [0, 0.05) is 0 Å². The molecule has 0 unspecified atom stereocenters. The standard InChI is InChI=1S/C9H19.In.2H/c1-6-9(4,5)7-8(2)3;;;/h8H,1,6-7H2,2-5H3;;;. The molecule has 0 saturated heterocycles. The van der Waals surface area contributed by atoms with Gasteiger partial charge in [0.15, 0.2) is 0 Å². The van der Waals surface area contributed by atoms with Crippen molar-refractivity contribution in [3.05, 3.63) is 0 Å². The zero-order valence-corrected chi connectivity index (χ0v) is 13.9. The summed E-state index contributed by atoms with van der Waals surface area (Å²) in [5, 5.41) is 0. The molecule has 0 nitrogen and oxygen atoms in total. The van der Waals surface area contributed by atoms with E-state index in [2.05, 4.69) is 27.7 Å². The van der Waals surface area contributed by atoms with E-state index in [0.29, 0.717) is 5.41 Å². The summed E-state index contributed by atoms with van der Waals surface area (Å²) in [5.41, 5.74) is 0.625. The zero-order valence-electron chi connectivity index (χ0n) is 8.20. The Morgan fingerprint density at radius 1 is 1.30 bits per heavy atom. The summed E-state index contributed by atoms with van der Waals surface area (Å²) in [4.78, 5) is 0. The van der Waals surface area contributed by atoms with E-state index < -0.39 is 0 Å². The van der Waals surface area contributed by atoms with Crippen molar-refractivity contribution in [3.63, 3.8) is 0 Å². The molecule has 0 aliphatic rings. The van der Waals surface area contributed by atoms with Crippen LogP contribution in [0.25, 0.3) is 0 Å². The molecular weight excluding hydrogens is 223 g/mol. The van der Waals surface area contributed by atoms with Crippen LogP contribution in [0.15, 0.2) is 0 Å². The van der Waals surface area contributed by atoms with Crippen LogP contribution in [0.4, 0.5) is 0 Å². The molecule has 0 radical (unpaired) electrons. The first-order valence-corrected chi connectivity index (χ1v) is 8.51. The van der Waals surface area contributed by atoms with Crippen LogP contribution < -0.4 is 0 Å². The maximum absolute atomic E-state index is 2.41. The Hall–Kier alpha value is 0.870. The van der Waals surface area contributed by atoms with Crippen molar-refractivity contribution in [3.8, 4) is 0 Å². The van der Waals surface area contributed by atoms with Crippen molar-refractivity contribution in [2.75, 3.05) is 0 Å². The summed E-state index contributed by atoms with van der Waals surface area (Å²) >= 11 is 0.912. The summed E-state index contributed by atoms with van der Waals surface area (Å²) in [6.07, 6.45) is 2.86. The number of rotatable bonds is 4. The second-order valence-electron chi connectivity index (χ2n) is 4.51. The van der Waals surface area contributed by atoms with Crippen LogP contribution in [0.1, 0.15) is 40.5 Å². The summed E-state index contributed by atoms with van der Waals surface area (Å²) in [7, 11) is 0. The molecule has 0 saturated carbocycles. The molecule has 0 N–H and O–H groups in total. The van der Waals surface area contributed by atoms with Crippen LogP contribution in [-0.4, -0.2) is 24.4 Å². The van der Waals surface area contributed by atoms with Gasteiger partial charge < -0.3 is 0 Å². The Kier molecular flexibility index (Phi) is 5.10. The van der Waals surface area contributed by atoms with E-state index in [1.54, 1.807) is 0 Å². The van der Waals surface area contributed by atoms with Gasteiger partial charge in [0.2, 0.25) is 0 Å². The van der Waals surface area contributed by atoms with Gasteiger partial charge in [-0.05, 0) is 0 Å². The Balaban J connectivity index is 3.63. The van der Waals surface area contributed by atoms with E-state index in [9.17, 15) is 0 Å². The fourth-order valence-electron chi connectivity index (χ4n) is 1.88. The van der Waals surface area contributed by atoms with Crippen molar-refractivity contribution in [2.24, 2.45) is 11.3 Å². The van der Waals surface area contributed by atoms with Gasteiger partial charge in [-0.1, -0.05) is 0 Å². The van der Waals surface area contributed by atoms with Gasteiger partial charge in [-0.25, -0.2) is 0 Å². The molecule has 0 fully saturated rings. The zero-order chi connectivity index (χ0) is 8.20. The van der Waals surface area contributed by atoms with Crippen LogP contribution in [0.2, 0.25) is 4.18 Å². The molecule has 0 rings (SSSR count). The van der Waals surface area contributed by atoms with Crippen molar-refractivity contribution in [2.45, 2.75) is 44.7 Å². The van der Waals surface area contributed by atoms with Crippen LogP contribution in [0.3, 0.4) is 0 Å². The second kappa shape index (κ2) is 4.69. The molecule has 0 heterocycles. The van der Waals surface area contributed by atoms with E-state index in [4.69, 9.17) is 0 Å². The molecule has 10 heavy (non-hydrogen) atoms. The van der Waals surface area contributed by atoms with E-state index in [1.807, 2.05) is 0 Å². The van der Waals surface area contributed by atoms with Crippen molar-refractivity contribution >= 4 is 24.4 Å². The van der Waals surface area contributed by atoms with Crippen LogP contribution >= 0.6 is 0 Å². The molecule has 0 aliphatic carbocycles. The fraction of sp³-hybridized carbons (Fsp3) is 1.00. The summed E-state index contributed by atoms with van der Waals surface area (Å²) < 4.78 is 1.53. The Labute approximate surface area is 80.4 Å². The first-order valence-electron chi connectivity index (χ1n) is 4.48. The van der Waals surface area contributed by atoms with Gasteiger partial charge in [-0.3, -0.25) is 0 Å². The molecule has 0 amide bonds. The van der Waals surface area contributed by atoms with Gasteiger partial charge in [0.1, 0.15) is 0 Å². The first-order chi connectivity index (χ1) is 4.48. The molecule has 0 spiro atoms. The van der Waals surface area contributed by atoms with E-state index in [-0.39, 0.29) is 0 Å². The van der Waals surface area contributed by atoms with Crippen LogP contribution in [0.5, 0.6) is 0 Å². The number of hydrogen-bond acceptors (Lipinski definition) is 0. The molecule has 0 aliphatic heterocycles. The van der Waals surface area contributed by atoms with Gasteiger partial charge in [0.05, 0.1) is 0 Å². The minimum atomic E-state index is 0.625.